The summed E-state index contributed by atoms with van der Waals surface area (Å²) in [7, 11) is 0. The molecule has 6 heteroatoms. The highest BCUT2D eigenvalue weighted by molar-refractivity contribution is 6.41. The monoisotopic (exact) mass is 292 g/mol. The van der Waals surface area contributed by atoms with Crippen molar-refractivity contribution in [3.8, 4) is 0 Å². The minimum absolute atomic E-state index is 0.0928. The van der Waals surface area contributed by atoms with Gasteiger partial charge in [-0.25, -0.2) is 0 Å². The number of nitro benzene ring substituents is 1. The number of Topliss-reactive ketones (excluding diaryl/α,β-unsaturated/α-hetero) is 2. The minimum Gasteiger partial charge on any atom is -0.289 e. The zero-order valence-corrected chi connectivity index (χ0v) is 11.2. The Kier molecular flexibility index (Phi) is 2.39. The number of ketones is 2. The van der Waals surface area contributed by atoms with Crippen LogP contribution in [0.2, 0.25) is 0 Å². The zero-order valence-electron chi connectivity index (χ0n) is 11.2. The Hall–Kier alpha value is -3.15. The first kappa shape index (κ1) is 12.6. The predicted octanol–water partition coefficient (Wildman–Crippen LogP) is 2.38. The van der Waals surface area contributed by atoms with Crippen LogP contribution in [0.15, 0.2) is 42.2 Å². The zero-order chi connectivity index (χ0) is 15.4. The van der Waals surface area contributed by atoms with Gasteiger partial charge in [-0.1, -0.05) is 6.07 Å². The second-order valence-electron chi connectivity index (χ2n) is 5.21. The van der Waals surface area contributed by atoms with Crippen molar-refractivity contribution in [2.75, 3.05) is 0 Å². The average Bonchev–Trinajstić information content (AvgIpc) is 2.91. The van der Waals surface area contributed by atoms with Gasteiger partial charge >= 0.3 is 0 Å². The van der Waals surface area contributed by atoms with Gasteiger partial charge in [-0.2, -0.15) is 0 Å². The number of fused-ring (bicyclic) bond motifs is 3. The van der Waals surface area contributed by atoms with Gasteiger partial charge in [0.25, 0.3) is 5.69 Å². The number of pyridine rings is 1. The molecule has 0 amide bonds. The summed E-state index contributed by atoms with van der Waals surface area (Å²) in [6, 6.07) is 5.89. The molecule has 2 aliphatic carbocycles. The third-order valence-corrected chi connectivity index (χ3v) is 4.05. The van der Waals surface area contributed by atoms with Gasteiger partial charge in [0.05, 0.1) is 10.5 Å². The molecule has 22 heavy (non-hydrogen) atoms. The Bertz CT molecular complexity index is 927. The van der Waals surface area contributed by atoms with Gasteiger partial charge in [0.1, 0.15) is 0 Å². The number of carbonyl (C=O) groups excluding carboxylic acids is 2. The first-order chi connectivity index (χ1) is 10.6. The lowest BCUT2D eigenvalue weighted by Gasteiger charge is -2.15. The summed E-state index contributed by atoms with van der Waals surface area (Å²) in [5, 5.41) is 10.9. The molecule has 2 aromatic rings. The van der Waals surface area contributed by atoms with Crippen molar-refractivity contribution < 1.29 is 14.5 Å². The number of nitro groups is 1. The molecule has 0 atom stereocenters. The molecule has 0 aliphatic heterocycles. The van der Waals surface area contributed by atoms with E-state index in [9.17, 15) is 19.7 Å². The molecule has 1 aromatic heterocycles. The topological polar surface area (TPSA) is 90.2 Å². The fourth-order valence-electron chi connectivity index (χ4n) is 3.03. The number of non-ortho nitro benzene ring substituents is 1. The summed E-state index contributed by atoms with van der Waals surface area (Å²) in [6.07, 6.45) is 3.17. The molecule has 0 fully saturated rings. The molecule has 1 heterocycles. The van der Waals surface area contributed by atoms with Gasteiger partial charge in [-0.05, 0) is 17.2 Å². The Morgan fingerprint density at radius 2 is 1.86 bits per heavy atom. The lowest BCUT2D eigenvalue weighted by atomic mass is 9.85. The van der Waals surface area contributed by atoms with Gasteiger partial charge in [-0.3, -0.25) is 24.7 Å². The molecular formula is C16H8N2O4. The maximum Gasteiger partial charge on any atom is 0.270 e. The predicted molar refractivity (Wildman–Crippen MR) is 76.6 cm³/mol. The Morgan fingerprint density at radius 3 is 2.64 bits per heavy atom. The summed E-state index contributed by atoms with van der Waals surface area (Å²) in [5.41, 5.74) is 2.45. The number of nitrogens with zero attached hydrogens (tertiary/aromatic N) is 2. The van der Waals surface area contributed by atoms with E-state index in [0.717, 1.165) is 5.56 Å². The van der Waals surface area contributed by atoms with E-state index in [1.54, 1.807) is 6.07 Å². The van der Waals surface area contributed by atoms with E-state index in [-0.39, 0.29) is 28.4 Å². The third-order valence-electron chi connectivity index (χ3n) is 4.05. The van der Waals surface area contributed by atoms with Crippen molar-refractivity contribution in [1.82, 2.24) is 4.98 Å². The van der Waals surface area contributed by atoms with Gasteiger partial charge in [0.2, 0.25) is 0 Å². The van der Waals surface area contributed by atoms with Crippen LogP contribution in [0.3, 0.4) is 0 Å². The van der Waals surface area contributed by atoms with Crippen molar-refractivity contribution in [2.24, 2.45) is 0 Å². The SMILES string of the molecule is O=C1C2=C(C(=O)c3cnccc31)c1cc([N+](=O)[O-])ccc1C2. The Morgan fingerprint density at radius 1 is 1.05 bits per heavy atom. The average molecular weight is 292 g/mol. The molecule has 2 aliphatic rings. The molecule has 4 rings (SSSR count). The van der Waals surface area contributed by atoms with E-state index < -0.39 is 4.92 Å². The highest BCUT2D eigenvalue weighted by Crippen LogP contribution is 2.41. The first-order valence-electron chi connectivity index (χ1n) is 6.62. The molecule has 0 unspecified atom stereocenters. The first-order valence-corrected chi connectivity index (χ1v) is 6.62. The number of allylic oxidation sites excluding steroid dienone is 2. The van der Waals surface area contributed by atoms with Crippen LogP contribution in [0.25, 0.3) is 5.57 Å². The smallest absolute Gasteiger partial charge is 0.270 e. The molecule has 0 saturated carbocycles. The van der Waals surface area contributed by atoms with E-state index >= 15 is 0 Å². The lowest BCUT2D eigenvalue weighted by Crippen LogP contribution is -2.19. The number of carbonyl (C=O) groups is 2. The number of benzene rings is 1. The normalized spacial score (nSPS) is 15.5. The van der Waals surface area contributed by atoms with Crippen LogP contribution in [0, 0.1) is 10.1 Å². The number of hydrogen-bond acceptors (Lipinski definition) is 5. The molecule has 0 spiro atoms. The highest BCUT2D eigenvalue weighted by atomic mass is 16.6. The maximum atomic E-state index is 12.7. The lowest BCUT2D eigenvalue weighted by molar-refractivity contribution is -0.384. The molecular weight excluding hydrogens is 284 g/mol. The molecule has 0 N–H and O–H groups in total. The van der Waals surface area contributed by atoms with Crippen LogP contribution in [0.1, 0.15) is 31.8 Å². The van der Waals surface area contributed by atoms with Crippen LogP contribution < -0.4 is 0 Å². The van der Waals surface area contributed by atoms with E-state index in [0.29, 0.717) is 23.1 Å². The summed E-state index contributed by atoms with van der Waals surface area (Å²) >= 11 is 0. The standard InChI is InChI=1S/C16H8N2O4/c19-15-10-3-4-17-7-13(10)16(20)14-11-6-9(18(21)22)2-1-8(11)5-12(14)15/h1-4,6-7H,5H2. The Labute approximate surface area is 124 Å². The Balaban J connectivity index is 1.95. The van der Waals surface area contributed by atoms with Gasteiger partial charge in [0, 0.05) is 47.7 Å². The largest absolute Gasteiger partial charge is 0.289 e. The summed E-state index contributed by atoms with van der Waals surface area (Å²) in [5.74, 6) is -0.497. The van der Waals surface area contributed by atoms with E-state index in [2.05, 4.69) is 4.98 Å². The van der Waals surface area contributed by atoms with E-state index in [4.69, 9.17) is 0 Å². The van der Waals surface area contributed by atoms with Crippen LogP contribution in [-0.4, -0.2) is 21.5 Å². The van der Waals surface area contributed by atoms with Crippen molar-refractivity contribution in [3.05, 3.63) is 74.6 Å². The second kappa shape index (κ2) is 4.17. The van der Waals surface area contributed by atoms with Gasteiger partial charge in [0.15, 0.2) is 11.6 Å². The number of aromatic nitrogens is 1. The van der Waals surface area contributed by atoms with Crippen LogP contribution in [0.4, 0.5) is 5.69 Å². The second-order valence-corrected chi connectivity index (χ2v) is 5.21. The number of rotatable bonds is 1. The fourth-order valence-corrected chi connectivity index (χ4v) is 3.03. The fraction of sp³-hybridized carbons (Fsp3) is 0.0625. The van der Waals surface area contributed by atoms with Gasteiger partial charge in [-0.15, -0.1) is 0 Å². The molecule has 1 aromatic carbocycles. The van der Waals surface area contributed by atoms with Crippen molar-refractivity contribution in [3.63, 3.8) is 0 Å². The van der Waals surface area contributed by atoms with Gasteiger partial charge < -0.3 is 0 Å². The van der Waals surface area contributed by atoms with Crippen molar-refractivity contribution in [2.45, 2.75) is 6.42 Å². The molecule has 0 bridgehead atoms. The third kappa shape index (κ3) is 1.52. The van der Waals surface area contributed by atoms with Crippen molar-refractivity contribution in [1.29, 1.82) is 0 Å². The molecule has 106 valence electrons. The van der Waals surface area contributed by atoms with Crippen molar-refractivity contribution >= 4 is 22.8 Å². The van der Waals surface area contributed by atoms with Crippen LogP contribution in [0.5, 0.6) is 0 Å². The summed E-state index contributed by atoms with van der Waals surface area (Å²) in [4.78, 5) is 39.5. The van der Waals surface area contributed by atoms with E-state index in [1.165, 1.54) is 30.6 Å². The molecule has 6 nitrogen and oxygen atoms in total. The number of hydrogen-bond donors (Lipinski definition) is 0. The summed E-state index contributed by atoms with van der Waals surface area (Å²) < 4.78 is 0. The molecule has 0 saturated heterocycles. The van der Waals surface area contributed by atoms with Crippen LogP contribution >= 0.6 is 0 Å². The highest BCUT2D eigenvalue weighted by Gasteiger charge is 2.38. The van der Waals surface area contributed by atoms with Crippen LogP contribution in [-0.2, 0) is 6.42 Å². The quantitative estimate of drug-likeness (QED) is 0.594. The maximum absolute atomic E-state index is 12.7. The summed E-state index contributed by atoms with van der Waals surface area (Å²) in [6.45, 7) is 0. The van der Waals surface area contributed by atoms with E-state index in [1.807, 2.05) is 0 Å². The molecule has 0 radical (unpaired) electrons. The minimum atomic E-state index is -0.510.